The van der Waals surface area contributed by atoms with Gasteiger partial charge in [0.1, 0.15) is 48.8 Å². The van der Waals surface area contributed by atoms with E-state index in [4.69, 9.17) is 47.4 Å². The molecule has 6 aromatic rings. The standard InChI is InChI=1S/C55H59N3O10/c1-59-55-53(52(65-37-45-30-18-7-19-31-45)50(63-35-43-26-14-5-15-27-43)47(67-55)39-61-33-41-22-10-3-11-23-41)68-54-48(57-58-56)51(64-36-44-28-16-6-17-29-44)49(62-34-42-24-12-4-13-25-42)46(66-54)38-60-32-40-20-8-2-9-21-40/h2-31,46-55H,32-39H2,1H3/t46-,47-,48-,49-,50-,51-,52+,53-,54-,55-/m1/s1. The molecule has 2 heterocycles. The Morgan fingerprint density at radius 3 is 1.10 bits per heavy atom. The largest absolute Gasteiger partial charge is 0.374 e. The van der Waals surface area contributed by atoms with Gasteiger partial charge in [-0.2, -0.15) is 0 Å². The molecule has 2 aliphatic rings. The third-order valence-corrected chi connectivity index (χ3v) is 11.8. The zero-order valence-electron chi connectivity index (χ0n) is 38.2. The molecule has 6 aromatic carbocycles. The number of methoxy groups -OCH3 is 1. The minimum absolute atomic E-state index is 0.0921. The van der Waals surface area contributed by atoms with Crippen LogP contribution in [0.1, 0.15) is 33.4 Å². The average molecular weight is 922 g/mol. The average Bonchev–Trinajstić information content (AvgIpc) is 3.39. The number of hydrogen-bond donors (Lipinski definition) is 0. The lowest BCUT2D eigenvalue weighted by atomic mass is 9.95. The Morgan fingerprint density at radius 2 is 0.735 bits per heavy atom. The monoisotopic (exact) mass is 921 g/mol. The lowest BCUT2D eigenvalue weighted by Gasteiger charge is -2.49. The molecule has 10 atom stereocenters. The number of benzene rings is 6. The van der Waals surface area contributed by atoms with Crippen molar-refractivity contribution in [3.63, 3.8) is 0 Å². The summed E-state index contributed by atoms with van der Waals surface area (Å²) < 4.78 is 67.0. The van der Waals surface area contributed by atoms with Crippen LogP contribution in [0, 0.1) is 0 Å². The molecule has 0 aliphatic carbocycles. The van der Waals surface area contributed by atoms with Gasteiger partial charge in [0.05, 0.1) is 52.9 Å². The summed E-state index contributed by atoms with van der Waals surface area (Å²) in [5, 5.41) is 4.35. The van der Waals surface area contributed by atoms with Crippen molar-refractivity contribution < 1.29 is 47.4 Å². The van der Waals surface area contributed by atoms with Gasteiger partial charge < -0.3 is 47.4 Å². The van der Waals surface area contributed by atoms with Crippen molar-refractivity contribution in [2.75, 3.05) is 20.3 Å². The molecule has 2 aliphatic heterocycles. The maximum atomic E-state index is 10.3. The van der Waals surface area contributed by atoms with Gasteiger partial charge in [-0.1, -0.05) is 187 Å². The van der Waals surface area contributed by atoms with Gasteiger partial charge in [0.15, 0.2) is 12.6 Å². The van der Waals surface area contributed by atoms with Gasteiger partial charge in [-0.05, 0) is 38.9 Å². The molecular weight excluding hydrogens is 863 g/mol. The minimum Gasteiger partial charge on any atom is -0.374 e. The van der Waals surface area contributed by atoms with Crippen molar-refractivity contribution in [1.29, 1.82) is 0 Å². The van der Waals surface area contributed by atoms with Crippen molar-refractivity contribution in [2.45, 2.75) is 101 Å². The van der Waals surface area contributed by atoms with Crippen LogP contribution >= 0.6 is 0 Å². The molecule has 13 nitrogen and oxygen atoms in total. The van der Waals surface area contributed by atoms with Crippen LogP contribution in [0.2, 0.25) is 0 Å². The highest BCUT2D eigenvalue weighted by Gasteiger charge is 2.54. The summed E-state index contributed by atoms with van der Waals surface area (Å²) in [6.07, 6.45) is -7.91. The fourth-order valence-corrected chi connectivity index (χ4v) is 8.41. The second-order valence-electron chi connectivity index (χ2n) is 16.7. The lowest BCUT2D eigenvalue weighted by Crippen LogP contribution is -2.65. The normalized spacial score (nSPS) is 24.8. The Kier molecular flexibility index (Phi) is 18.7. The predicted molar refractivity (Wildman–Crippen MR) is 254 cm³/mol. The SMILES string of the molecule is CO[C@@H]1O[C@H](COCc2ccccc2)[C@@H](OCc2ccccc2)[C@H](OCc2ccccc2)[C@H]1O[C@H]1O[C@H](COCc2ccccc2)[C@@H](OCc2ccccc2)[C@H](OCc2ccccc2)[C@H]1N=[N+]=[N-]. The van der Waals surface area contributed by atoms with Crippen molar-refractivity contribution in [3.8, 4) is 0 Å². The molecule has 2 saturated heterocycles. The molecule has 0 saturated carbocycles. The first-order valence-corrected chi connectivity index (χ1v) is 23.0. The summed E-state index contributed by atoms with van der Waals surface area (Å²) in [6.45, 7) is 1.80. The molecule has 354 valence electrons. The van der Waals surface area contributed by atoms with E-state index in [1.54, 1.807) is 7.11 Å². The summed E-state index contributed by atoms with van der Waals surface area (Å²) in [4.78, 5) is 3.33. The maximum absolute atomic E-state index is 10.3. The minimum atomic E-state index is -1.23. The number of hydrogen-bond acceptors (Lipinski definition) is 11. The maximum Gasteiger partial charge on any atom is 0.186 e. The van der Waals surface area contributed by atoms with E-state index >= 15 is 0 Å². The summed E-state index contributed by atoms with van der Waals surface area (Å²) in [7, 11) is 1.55. The molecule has 68 heavy (non-hydrogen) atoms. The Morgan fingerprint density at radius 1 is 0.412 bits per heavy atom. The van der Waals surface area contributed by atoms with Gasteiger partial charge in [-0.25, -0.2) is 0 Å². The predicted octanol–water partition coefficient (Wildman–Crippen LogP) is 9.92. The van der Waals surface area contributed by atoms with Crippen LogP contribution in [0.4, 0.5) is 0 Å². The smallest absolute Gasteiger partial charge is 0.186 e. The van der Waals surface area contributed by atoms with Crippen LogP contribution in [0.3, 0.4) is 0 Å². The van der Waals surface area contributed by atoms with E-state index in [-0.39, 0.29) is 39.6 Å². The third-order valence-electron chi connectivity index (χ3n) is 11.8. The van der Waals surface area contributed by atoms with E-state index in [0.717, 1.165) is 33.4 Å². The highest BCUT2D eigenvalue weighted by atomic mass is 16.8. The number of nitrogens with zero attached hydrogens (tertiary/aromatic N) is 3. The summed E-state index contributed by atoms with van der Waals surface area (Å²) in [5.41, 5.74) is 16.0. The summed E-state index contributed by atoms with van der Waals surface area (Å²) >= 11 is 0. The molecular formula is C55H59N3O10. The van der Waals surface area contributed by atoms with Gasteiger partial charge in [0.2, 0.25) is 0 Å². The quantitative estimate of drug-likeness (QED) is 0.0327. The number of azide groups is 1. The van der Waals surface area contributed by atoms with Gasteiger partial charge in [-0.3, -0.25) is 0 Å². The van der Waals surface area contributed by atoms with Gasteiger partial charge in [0.25, 0.3) is 0 Å². The first-order chi connectivity index (χ1) is 33.6. The highest BCUT2D eigenvalue weighted by molar-refractivity contribution is 5.18. The number of rotatable bonds is 24. The van der Waals surface area contributed by atoms with E-state index in [9.17, 15) is 5.53 Å². The van der Waals surface area contributed by atoms with Crippen LogP contribution in [0.15, 0.2) is 187 Å². The summed E-state index contributed by atoms with van der Waals surface area (Å²) in [6, 6.07) is 58.2. The lowest BCUT2D eigenvalue weighted by molar-refractivity contribution is -0.364. The second kappa shape index (κ2) is 26.1. The van der Waals surface area contributed by atoms with Crippen molar-refractivity contribution in [3.05, 3.63) is 226 Å². The topological polar surface area (TPSA) is 141 Å². The van der Waals surface area contributed by atoms with Gasteiger partial charge in [-0.15, -0.1) is 0 Å². The second-order valence-corrected chi connectivity index (χ2v) is 16.7. The molecule has 0 radical (unpaired) electrons. The molecule has 0 N–H and O–H groups in total. The first kappa shape index (κ1) is 48.7. The number of ether oxygens (including phenoxy) is 10. The Labute approximate surface area is 398 Å². The van der Waals surface area contributed by atoms with Crippen LogP contribution in [0.25, 0.3) is 10.4 Å². The fourth-order valence-electron chi connectivity index (χ4n) is 8.41. The Bertz CT molecular complexity index is 2370. The molecule has 0 bridgehead atoms. The Balaban J connectivity index is 1.14. The third kappa shape index (κ3) is 13.9. The highest BCUT2D eigenvalue weighted by Crippen LogP contribution is 2.36. The summed E-state index contributed by atoms with van der Waals surface area (Å²) in [5.74, 6) is 0. The van der Waals surface area contributed by atoms with Crippen molar-refractivity contribution in [1.82, 2.24) is 0 Å². The fraction of sp³-hybridized carbons (Fsp3) is 0.345. The molecule has 0 unspecified atom stereocenters. The van der Waals surface area contributed by atoms with Crippen LogP contribution < -0.4 is 0 Å². The van der Waals surface area contributed by atoms with E-state index in [0.29, 0.717) is 13.2 Å². The van der Waals surface area contributed by atoms with Crippen LogP contribution in [-0.2, 0) is 87.0 Å². The molecule has 2 fully saturated rings. The van der Waals surface area contributed by atoms with Crippen molar-refractivity contribution >= 4 is 0 Å². The molecule has 8 rings (SSSR count). The molecule has 0 aromatic heterocycles. The van der Waals surface area contributed by atoms with Crippen LogP contribution in [-0.4, -0.2) is 81.7 Å². The van der Waals surface area contributed by atoms with E-state index in [2.05, 4.69) is 10.0 Å². The Hall–Kier alpha value is -5.77. The van der Waals surface area contributed by atoms with E-state index in [1.165, 1.54) is 0 Å². The molecule has 0 spiro atoms. The van der Waals surface area contributed by atoms with Gasteiger partial charge >= 0.3 is 0 Å². The van der Waals surface area contributed by atoms with Crippen molar-refractivity contribution in [2.24, 2.45) is 5.11 Å². The molecule has 0 amide bonds. The first-order valence-electron chi connectivity index (χ1n) is 23.0. The van der Waals surface area contributed by atoms with E-state index in [1.807, 2.05) is 182 Å². The molecule has 13 heteroatoms. The van der Waals surface area contributed by atoms with Gasteiger partial charge in [0, 0.05) is 12.0 Å². The van der Waals surface area contributed by atoms with Crippen LogP contribution in [0.5, 0.6) is 0 Å². The zero-order valence-corrected chi connectivity index (χ0v) is 38.2. The zero-order chi connectivity index (χ0) is 46.6. The van der Waals surface area contributed by atoms with E-state index < -0.39 is 61.3 Å².